The molecule has 2 N–H and O–H groups in total. The molecular weight excluding hydrogens is 306 g/mol. The van der Waals surface area contributed by atoms with Gasteiger partial charge in [-0.05, 0) is 42.9 Å². The first kappa shape index (κ1) is 14.4. The number of anilines is 1. The molecule has 2 atom stereocenters. The normalized spacial score (nSPS) is 23.1. The minimum Gasteiger partial charge on any atom is -0.478 e. The van der Waals surface area contributed by atoms with Crippen LogP contribution in [0.2, 0.25) is 0 Å². The molecule has 1 aliphatic carbocycles. The zero-order valence-electron chi connectivity index (χ0n) is 11.2. The molecule has 2 rings (SSSR count). The maximum absolute atomic E-state index is 11.2. The smallest absolute Gasteiger partial charge is 0.337 e. The maximum Gasteiger partial charge on any atom is 0.337 e. The van der Waals surface area contributed by atoms with Crippen LogP contribution < -0.4 is 5.32 Å². The number of hydrogen-bond acceptors (Lipinski definition) is 2. The number of benzene rings is 1. The van der Waals surface area contributed by atoms with E-state index in [1.165, 1.54) is 25.7 Å². The lowest BCUT2D eigenvalue weighted by Crippen LogP contribution is -2.21. The molecule has 0 amide bonds. The lowest BCUT2D eigenvalue weighted by Gasteiger charge is -2.27. The van der Waals surface area contributed by atoms with Gasteiger partial charge in [0.25, 0.3) is 0 Å². The van der Waals surface area contributed by atoms with Gasteiger partial charge in [-0.25, -0.2) is 4.79 Å². The Labute approximate surface area is 122 Å². The second-order valence-corrected chi connectivity index (χ2v) is 6.43. The van der Waals surface area contributed by atoms with Gasteiger partial charge in [0.2, 0.25) is 0 Å². The average Bonchev–Trinajstić information content (AvgIpc) is 2.37. The van der Waals surface area contributed by atoms with Crippen molar-refractivity contribution in [1.82, 2.24) is 0 Å². The minimum absolute atomic E-state index is 0.332. The largest absolute Gasteiger partial charge is 0.478 e. The summed E-state index contributed by atoms with van der Waals surface area (Å²) in [5.41, 5.74) is 1.05. The Kier molecular flexibility index (Phi) is 4.86. The molecule has 104 valence electrons. The highest BCUT2D eigenvalue weighted by atomic mass is 79.9. The number of rotatable bonds is 4. The zero-order chi connectivity index (χ0) is 13.8. The molecule has 0 saturated heterocycles. The molecule has 0 bridgehead atoms. The van der Waals surface area contributed by atoms with Crippen molar-refractivity contribution in [3.63, 3.8) is 0 Å². The van der Waals surface area contributed by atoms with Crippen molar-refractivity contribution >= 4 is 27.6 Å². The zero-order valence-corrected chi connectivity index (χ0v) is 12.7. The lowest BCUT2D eigenvalue weighted by molar-refractivity contribution is 0.0698. The third kappa shape index (κ3) is 3.96. The van der Waals surface area contributed by atoms with Crippen LogP contribution >= 0.6 is 15.9 Å². The van der Waals surface area contributed by atoms with E-state index in [9.17, 15) is 9.90 Å². The van der Waals surface area contributed by atoms with Gasteiger partial charge < -0.3 is 10.4 Å². The summed E-state index contributed by atoms with van der Waals surface area (Å²) in [6.07, 6.45) is 5.11. The maximum atomic E-state index is 11.2. The van der Waals surface area contributed by atoms with Crippen LogP contribution in [-0.4, -0.2) is 17.6 Å². The van der Waals surface area contributed by atoms with Crippen molar-refractivity contribution in [2.75, 3.05) is 11.9 Å². The van der Waals surface area contributed by atoms with Crippen molar-refractivity contribution in [2.45, 2.75) is 32.6 Å². The van der Waals surface area contributed by atoms with Crippen LogP contribution in [0.5, 0.6) is 0 Å². The van der Waals surface area contributed by atoms with Crippen molar-refractivity contribution in [3.8, 4) is 0 Å². The molecule has 2 unspecified atom stereocenters. The van der Waals surface area contributed by atoms with Crippen molar-refractivity contribution in [2.24, 2.45) is 11.8 Å². The van der Waals surface area contributed by atoms with Gasteiger partial charge in [0.1, 0.15) is 0 Å². The van der Waals surface area contributed by atoms with E-state index >= 15 is 0 Å². The molecule has 0 spiro atoms. The Morgan fingerprint density at radius 2 is 2.26 bits per heavy atom. The van der Waals surface area contributed by atoms with Gasteiger partial charge in [0.15, 0.2) is 0 Å². The third-order valence-corrected chi connectivity index (χ3v) is 4.33. The Morgan fingerprint density at radius 1 is 1.47 bits per heavy atom. The molecule has 0 aromatic heterocycles. The summed E-state index contributed by atoms with van der Waals surface area (Å²) in [6.45, 7) is 3.17. The lowest BCUT2D eigenvalue weighted by atomic mass is 9.82. The van der Waals surface area contributed by atoms with E-state index in [1.54, 1.807) is 6.07 Å². The van der Waals surface area contributed by atoms with Gasteiger partial charge in [-0.1, -0.05) is 35.7 Å². The van der Waals surface area contributed by atoms with Crippen molar-refractivity contribution in [3.05, 3.63) is 28.2 Å². The average molecular weight is 326 g/mol. The van der Waals surface area contributed by atoms with Crippen LogP contribution in [0.15, 0.2) is 22.7 Å². The molecule has 0 heterocycles. The molecule has 1 aromatic rings. The molecule has 1 aromatic carbocycles. The molecule has 3 nitrogen and oxygen atoms in total. The summed E-state index contributed by atoms with van der Waals surface area (Å²) < 4.78 is 0.793. The number of carbonyl (C=O) groups is 1. The summed E-state index contributed by atoms with van der Waals surface area (Å²) in [7, 11) is 0. The van der Waals surface area contributed by atoms with Gasteiger partial charge >= 0.3 is 5.97 Å². The third-order valence-electron chi connectivity index (χ3n) is 3.84. The quantitative estimate of drug-likeness (QED) is 0.863. The predicted molar refractivity (Wildman–Crippen MR) is 80.7 cm³/mol. The standard InChI is InChI=1S/C15H20BrNO2/c1-10-3-2-4-11(7-10)9-17-14-6-5-12(16)8-13(14)15(18)19/h5-6,8,10-11,17H,2-4,7,9H2,1H3,(H,18,19). The number of halogens is 1. The monoisotopic (exact) mass is 325 g/mol. The number of carboxylic acids is 1. The highest BCUT2D eigenvalue weighted by molar-refractivity contribution is 9.10. The van der Waals surface area contributed by atoms with E-state index in [-0.39, 0.29) is 0 Å². The summed E-state index contributed by atoms with van der Waals surface area (Å²) in [4.78, 5) is 11.2. The van der Waals surface area contributed by atoms with Gasteiger partial charge in [-0.3, -0.25) is 0 Å². The second kappa shape index (κ2) is 6.42. The second-order valence-electron chi connectivity index (χ2n) is 5.51. The van der Waals surface area contributed by atoms with Crippen LogP contribution in [0.4, 0.5) is 5.69 Å². The Morgan fingerprint density at radius 3 is 2.95 bits per heavy atom. The van der Waals surface area contributed by atoms with Crippen LogP contribution in [0.25, 0.3) is 0 Å². The van der Waals surface area contributed by atoms with Gasteiger partial charge in [0, 0.05) is 16.7 Å². The van der Waals surface area contributed by atoms with E-state index in [0.29, 0.717) is 17.2 Å². The SMILES string of the molecule is CC1CCCC(CNc2ccc(Br)cc2C(=O)O)C1. The Hall–Kier alpha value is -1.03. The molecular formula is C15H20BrNO2. The van der Waals surface area contributed by atoms with Crippen LogP contribution in [-0.2, 0) is 0 Å². The summed E-state index contributed by atoms with van der Waals surface area (Å²) >= 11 is 3.31. The molecule has 0 radical (unpaired) electrons. The first-order valence-corrected chi connectivity index (χ1v) is 7.62. The summed E-state index contributed by atoms with van der Waals surface area (Å²) in [5, 5.41) is 12.5. The van der Waals surface area contributed by atoms with Gasteiger partial charge in [0.05, 0.1) is 5.56 Å². The Balaban J connectivity index is 2.01. The first-order valence-electron chi connectivity index (χ1n) is 6.83. The topological polar surface area (TPSA) is 49.3 Å². The highest BCUT2D eigenvalue weighted by Crippen LogP contribution is 2.29. The highest BCUT2D eigenvalue weighted by Gasteiger charge is 2.19. The summed E-state index contributed by atoms with van der Waals surface area (Å²) in [6, 6.07) is 5.35. The molecule has 1 aliphatic rings. The van der Waals surface area contributed by atoms with Crippen LogP contribution in [0, 0.1) is 11.8 Å². The fourth-order valence-corrected chi connectivity index (χ4v) is 3.21. The predicted octanol–water partition coefficient (Wildman–Crippen LogP) is 4.39. The van der Waals surface area contributed by atoms with Gasteiger partial charge in [-0.15, -0.1) is 0 Å². The molecule has 1 fully saturated rings. The van der Waals surface area contributed by atoms with E-state index in [0.717, 1.165) is 16.9 Å². The first-order chi connectivity index (χ1) is 9.06. The van der Waals surface area contributed by atoms with Crippen molar-refractivity contribution < 1.29 is 9.90 Å². The number of aromatic carboxylic acids is 1. The van der Waals surface area contributed by atoms with E-state index in [2.05, 4.69) is 28.2 Å². The van der Waals surface area contributed by atoms with E-state index in [4.69, 9.17) is 0 Å². The van der Waals surface area contributed by atoms with Gasteiger partial charge in [-0.2, -0.15) is 0 Å². The number of hydrogen-bond donors (Lipinski definition) is 2. The molecule has 0 aliphatic heterocycles. The van der Waals surface area contributed by atoms with Crippen LogP contribution in [0.1, 0.15) is 43.0 Å². The van der Waals surface area contributed by atoms with Crippen molar-refractivity contribution in [1.29, 1.82) is 0 Å². The van der Waals surface area contributed by atoms with E-state index in [1.807, 2.05) is 12.1 Å². The number of carboxylic acid groups (broad SMARTS) is 1. The molecule has 1 saturated carbocycles. The fraction of sp³-hybridized carbons (Fsp3) is 0.533. The van der Waals surface area contributed by atoms with Crippen LogP contribution in [0.3, 0.4) is 0 Å². The summed E-state index contributed by atoms with van der Waals surface area (Å²) in [5.74, 6) is 0.569. The molecule has 4 heteroatoms. The van der Waals surface area contributed by atoms with E-state index < -0.39 is 5.97 Å². The fourth-order valence-electron chi connectivity index (χ4n) is 2.85. The minimum atomic E-state index is -0.888. The Bertz CT molecular complexity index is 461. The molecule has 19 heavy (non-hydrogen) atoms. The number of nitrogens with one attached hydrogen (secondary N) is 1.